The number of nitriles is 1. The molecule has 8 rings (SSSR count). The fraction of sp³-hybridized carbons (Fsp3) is 0.457. The molecule has 1 spiro atoms. The number of likely N-dealkylation sites (tertiary alicyclic amines) is 3. The van der Waals surface area contributed by atoms with Crippen molar-refractivity contribution in [1.82, 2.24) is 19.7 Å². The van der Waals surface area contributed by atoms with Crippen molar-refractivity contribution in [3.05, 3.63) is 77.5 Å². The number of sulfonamides is 1. The number of hydrogen-bond acceptors (Lipinski definition) is 11. The van der Waals surface area contributed by atoms with Crippen molar-refractivity contribution >= 4 is 21.6 Å². The zero-order valence-corrected chi connectivity index (χ0v) is 27.9. The Labute approximate surface area is 280 Å². The van der Waals surface area contributed by atoms with Gasteiger partial charge in [0, 0.05) is 61.9 Å². The van der Waals surface area contributed by atoms with Gasteiger partial charge in [0.25, 0.3) is 15.9 Å². The molecule has 0 bridgehead atoms. The summed E-state index contributed by atoms with van der Waals surface area (Å²) in [6, 6.07) is 18.1. The summed E-state index contributed by atoms with van der Waals surface area (Å²) in [5, 5.41) is 9.66. The van der Waals surface area contributed by atoms with E-state index in [0.29, 0.717) is 53.4 Å². The summed E-state index contributed by atoms with van der Waals surface area (Å²) < 4.78 is 45.9. The van der Waals surface area contributed by atoms with Gasteiger partial charge in [0.05, 0.1) is 57.0 Å². The molecule has 0 saturated carbocycles. The highest BCUT2D eigenvalue weighted by molar-refractivity contribution is 7.93. The number of piperidine rings is 1. The zero-order chi connectivity index (χ0) is 33.3. The molecule has 5 aliphatic rings. The number of aromatic nitrogens is 1. The number of methoxy groups -OCH3 is 2. The predicted octanol–water partition coefficient (Wildman–Crippen LogP) is 2.43. The molecule has 0 aliphatic carbocycles. The van der Waals surface area contributed by atoms with E-state index in [1.807, 2.05) is 18.2 Å². The molecule has 1 unspecified atom stereocenters. The fourth-order valence-electron chi connectivity index (χ4n) is 8.42. The maximum absolute atomic E-state index is 15.2. The Bertz CT molecular complexity index is 1890. The van der Waals surface area contributed by atoms with Crippen molar-refractivity contribution in [2.75, 3.05) is 71.0 Å². The van der Waals surface area contributed by atoms with Crippen molar-refractivity contribution in [3.63, 3.8) is 0 Å². The van der Waals surface area contributed by atoms with E-state index < -0.39 is 21.5 Å². The van der Waals surface area contributed by atoms with Crippen molar-refractivity contribution in [1.29, 1.82) is 5.26 Å². The molecule has 6 heterocycles. The van der Waals surface area contributed by atoms with E-state index in [0.717, 1.165) is 56.5 Å². The number of nitrogens with zero attached hydrogens (tertiary/aromatic N) is 6. The van der Waals surface area contributed by atoms with Crippen LogP contribution in [-0.2, 0) is 25.1 Å². The normalized spacial score (nSPS) is 24.8. The molecule has 4 fully saturated rings. The smallest absolute Gasteiger partial charge is 0.288 e. The van der Waals surface area contributed by atoms with Gasteiger partial charge in [-0.3, -0.25) is 19.5 Å². The summed E-state index contributed by atoms with van der Waals surface area (Å²) in [4.78, 5) is 26.5. The first-order valence-electron chi connectivity index (χ1n) is 16.3. The molecule has 5 aliphatic heterocycles. The minimum absolute atomic E-state index is 0.00885. The first-order chi connectivity index (χ1) is 23.2. The van der Waals surface area contributed by atoms with Gasteiger partial charge in [0.15, 0.2) is 10.6 Å². The van der Waals surface area contributed by atoms with Crippen LogP contribution in [0.2, 0.25) is 0 Å². The largest absolute Gasteiger partial charge is 0.496 e. The van der Waals surface area contributed by atoms with Gasteiger partial charge in [0.1, 0.15) is 11.5 Å². The number of benzene rings is 2. The maximum atomic E-state index is 15.2. The van der Waals surface area contributed by atoms with Gasteiger partial charge in [-0.25, -0.2) is 4.98 Å². The van der Waals surface area contributed by atoms with Gasteiger partial charge >= 0.3 is 0 Å². The Kier molecular flexibility index (Phi) is 7.50. The highest BCUT2D eigenvalue weighted by atomic mass is 32.2. The Morgan fingerprint density at radius 1 is 0.917 bits per heavy atom. The van der Waals surface area contributed by atoms with E-state index in [-0.39, 0.29) is 16.1 Å². The van der Waals surface area contributed by atoms with E-state index >= 15 is 4.79 Å². The quantitative estimate of drug-likeness (QED) is 0.351. The van der Waals surface area contributed by atoms with Crippen molar-refractivity contribution < 1.29 is 27.4 Å². The first-order valence-corrected chi connectivity index (χ1v) is 17.8. The maximum Gasteiger partial charge on any atom is 0.288 e. The van der Waals surface area contributed by atoms with Crippen LogP contribution in [0.3, 0.4) is 0 Å². The summed E-state index contributed by atoms with van der Waals surface area (Å²) in [5.74, 6) is 0.205. The third-order valence-electron chi connectivity index (χ3n) is 10.9. The van der Waals surface area contributed by atoms with E-state index in [4.69, 9.17) is 14.2 Å². The summed E-state index contributed by atoms with van der Waals surface area (Å²) in [7, 11) is -1.46. The van der Waals surface area contributed by atoms with Gasteiger partial charge in [-0.15, -0.1) is 0 Å². The van der Waals surface area contributed by atoms with E-state index in [1.54, 1.807) is 31.4 Å². The Balaban J connectivity index is 1.15. The molecule has 3 aromatic rings. The molecule has 1 amide bonds. The van der Waals surface area contributed by atoms with Crippen LogP contribution in [-0.4, -0.2) is 113 Å². The van der Waals surface area contributed by atoms with E-state index in [9.17, 15) is 13.7 Å². The van der Waals surface area contributed by atoms with Crippen LogP contribution in [0.1, 0.15) is 29.5 Å². The van der Waals surface area contributed by atoms with Crippen molar-refractivity contribution in [2.45, 2.75) is 35.5 Å². The Morgan fingerprint density at radius 3 is 2.29 bits per heavy atom. The third kappa shape index (κ3) is 4.58. The molecular formula is C35H38N6O6S. The average Bonchev–Trinajstić information content (AvgIpc) is 3.31. The second-order valence-electron chi connectivity index (χ2n) is 13.6. The topological polar surface area (TPSA) is 129 Å². The summed E-state index contributed by atoms with van der Waals surface area (Å²) >= 11 is 0. The van der Waals surface area contributed by atoms with Crippen LogP contribution in [0, 0.1) is 16.7 Å². The van der Waals surface area contributed by atoms with Crippen LogP contribution in [0.4, 0.5) is 5.69 Å². The molecule has 12 nitrogen and oxygen atoms in total. The van der Waals surface area contributed by atoms with Gasteiger partial charge in [-0.2, -0.15) is 18.0 Å². The molecule has 0 radical (unpaired) electrons. The van der Waals surface area contributed by atoms with E-state index in [2.05, 4.69) is 25.8 Å². The number of ether oxygens (including phenoxy) is 3. The molecule has 1 aromatic heterocycles. The lowest BCUT2D eigenvalue weighted by atomic mass is 9.67. The van der Waals surface area contributed by atoms with E-state index in [1.165, 1.54) is 25.4 Å². The molecule has 48 heavy (non-hydrogen) atoms. The van der Waals surface area contributed by atoms with Gasteiger partial charge in [-0.1, -0.05) is 18.2 Å². The lowest BCUT2D eigenvalue weighted by molar-refractivity contribution is -0.171. The van der Waals surface area contributed by atoms with Gasteiger partial charge < -0.3 is 14.2 Å². The fourth-order valence-corrected chi connectivity index (χ4v) is 9.80. The number of carbonyl (C=O) groups excluding carboxylic acids is 1. The molecule has 13 heteroatoms. The van der Waals surface area contributed by atoms with Crippen LogP contribution in [0.25, 0.3) is 0 Å². The minimum atomic E-state index is -4.47. The number of hydrogen-bond donors (Lipinski definition) is 0. The molecular weight excluding hydrogens is 632 g/mol. The Morgan fingerprint density at radius 2 is 1.67 bits per heavy atom. The summed E-state index contributed by atoms with van der Waals surface area (Å²) in [6.45, 7) is 6.91. The Hall–Kier alpha value is -4.06. The molecule has 1 atom stereocenters. The number of rotatable bonds is 8. The van der Waals surface area contributed by atoms with Gasteiger partial charge in [-0.05, 0) is 49.2 Å². The number of para-hydroxylation sites is 1. The van der Waals surface area contributed by atoms with Crippen LogP contribution < -0.4 is 13.8 Å². The first kappa shape index (κ1) is 31.2. The third-order valence-corrected chi connectivity index (χ3v) is 12.5. The summed E-state index contributed by atoms with van der Waals surface area (Å²) in [6.07, 6.45) is 3.58. The molecule has 250 valence electrons. The SMILES string of the molecule is COc1ccc(S(=O)(=O)N2C(=O)C(c3ccccc3OC)(N3CC4(CN(C5CCN(C6COC6)CC5)C4)C3)c3cc(C#N)ccc32)nc1. The molecule has 0 N–H and O–H groups in total. The second kappa shape index (κ2) is 11.5. The van der Waals surface area contributed by atoms with Crippen LogP contribution in [0.5, 0.6) is 11.5 Å². The number of pyridine rings is 1. The highest BCUT2D eigenvalue weighted by Gasteiger charge is 2.66. The van der Waals surface area contributed by atoms with Crippen molar-refractivity contribution in [2.24, 2.45) is 5.41 Å². The number of fused-ring (bicyclic) bond motifs is 1. The number of amides is 1. The minimum Gasteiger partial charge on any atom is -0.496 e. The lowest BCUT2D eigenvalue weighted by Crippen LogP contribution is -2.77. The number of anilines is 1. The molecule has 2 aromatic carbocycles. The van der Waals surface area contributed by atoms with Crippen LogP contribution in [0.15, 0.2) is 65.8 Å². The highest BCUT2D eigenvalue weighted by Crippen LogP contribution is 2.57. The predicted molar refractivity (Wildman–Crippen MR) is 175 cm³/mol. The molecule has 4 saturated heterocycles. The number of carbonyl (C=O) groups is 1. The van der Waals surface area contributed by atoms with Gasteiger partial charge in [0.2, 0.25) is 0 Å². The van der Waals surface area contributed by atoms with Crippen LogP contribution >= 0.6 is 0 Å². The average molecular weight is 671 g/mol. The standard InChI is InChI=1S/C35H38N6O6S/c1-45-27-8-10-32(37-17-27)48(43,44)41-30-9-7-24(16-36)15-29(30)35(33(41)42,28-5-3-4-6-31(28)46-2)40-22-34(23-40)20-39(21-34)25-11-13-38(14-12-25)26-18-47-19-26/h3-10,15,17,25-26H,11-14,18-23H2,1-2H3. The second-order valence-corrected chi connectivity index (χ2v) is 15.3. The van der Waals surface area contributed by atoms with Crippen molar-refractivity contribution in [3.8, 4) is 17.6 Å². The lowest BCUT2D eigenvalue weighted by Gasteiger charge is -2.65. The monoisotopic (exact) mass is 670 g/mol. The summed E-state index contributed by atoms with van der Waals surface area (Å²) in [5.41, 5.74) is -0.0599. The zero-order valence-electron chi connectivity index (χ0n) is 27.0.